The van der Waals surface area contributed by atoms with Crippen LogP contribution in [0.15, 0.2) is 61.3 Å². The maximum atomic E-state index is 14.7. The quantitative estimate of drug-likeness (QED) is 0.299. The lowest BCUT2D eigenvalue weighted by atomic mass is 9.92. The molecule has 0 aliphatic carbocycles. The summed E-state index contributed by atoms with van der Waals surface area (Å²) in [6, 6.07) is 10.2. The average Bonchev–Trinajstić information content (AvgIpc) is 3.54. The highest BCUT2D eigenvalue weighted by Crippen LogP contribution is 2.28. The number of halogens is 3. The predicted octanol–water partition coefficient (Wildman–Crippen LogP) is 4.03. The summed E-state index contributed by atoms with van der Waals surface area (Å²) < 4.78 is 45.4. The van der Waals surface area contributed by atoms with E-state index in [1.165, 1.54) is 35.5 Å². The van der Waals surface area contributed by atoms with Crippen molar-refractivity contribution < 1.29 is 18.3 Å². The van der Waals surface area contributed by atoms with Gasteiger partial charge < -0.3 is 14.6 Å². The zero-order valence-electron chi connectivity index (χ0n) is 21.3. The number of piperazine rings is 1. The average molecular weight is 527 g/mol. The second kappa shape index (κ2) is 11.7. The van der Waals surface area contributed by atoms with E-state index in [4.69, 9.17) is 0 Å². The number of rotatable bonds is 11. The Balaban J connectivity index is 1.09. The molecule has 1 unspecified atom stereocenters. The third-order valence-corrected chi connectivity index (χ3v) is 7.38. The van der Waals surface area contributed by atoms with Gasteiger partial charge in [0.15, 0.2) is 0 Å². The van der Waals surface area contributed by atoms with Crippen LogP contribution in [-0.2, 0) is 18.7 Å². The molecule has 5 rings (SSSR count). The standard InChI is InChI=1S/C28H33F3N6O/c29-23-6-7-25(26(31)16-23)28(38,19-37-21-32-20-33-37)18-35-14-12-34(13-15-35)9-2-1-3-10-36-11-8-22-4-5-24(30)17-27(22)36/h4-8,11,16-17,20-21,38H,1-3,9-10,12-15,18-19H2. The van der Waals surface area contributed by atoms with Crippen molar-refractivity contribution in [1.82, 2.24) is 29.1 Å². The number of aromatic nitrogens is 4. The number of aliphatic hydroxyl groups is 1. The van der Waals surface area contributed by atoms with Gasteiger partial charge in [0.05, 0.1) is 12.1 Å². The minimum atomic E-state index is -1.58. The van der Waals surface area contributed by atoms with Gasteiger partial charge in [0.1, 0.15) is 35.7 Å². The second-order valence-electron chi connectivity index (χ2n) is 10.1. The van der Waals surface area contributed by atoms with Crippen LogP contribution in [0.4, 0.5) is 13.2 Å². The van der Waals surface area contributed by atoms with Crippen molar-refractivity contribution in [3.8, 4) is 0 Å². The lowest BCUT2D eigenvalue weighted by Gasteiger charge is -2.39. The van der Waals surface area contributed by atoms with E-state index in [1.54, 1.807) is 6.07 Å². The third-order valence-electron chi connectivity index (χ3n) is 7.38. The Morgan fingerprint density at radius 3 is 2.32 bits per heavy atom. The first-order chi connectivity index (χ1) is 18.4. The van der Waals surface area contributed by atoms with Gasteiger partial charge in [-0.1, -0.05) is 12.5 Å². The van der Waals surface area contributed by atoms with Gasteiger partial charge in [0, 0.05) is 57.1 Å². The Morgan fingerprint density at radius 1 is 0.816 bits per heavy atom. The van der Waals surface area contributed by atoms with Gasteiger partial charge in [-0.15, -0.1) is 0 Å². The molecular formula is C28H33F3N6O. The van der Waals surface area contributed by atoms with Crippen LogP contribution in [-0.4, -0.2) is 73.5 Å². The number of benzene rings is 2. The van der Waals surface area contributed by atoms with Gasteiger partial charge in [-0.25, -0.2) is 22.8 Å². The van der Waals surface area contributed by atoms with Crippen LogP contribution >= 0.6 is 0 Å². The van der Waals surface area contributed by atoms with Crippen molar-refractivity contribution in [2.24, 2.45) is 0 Å². The summed E-state index contributed by atoms with van der Waals surface area (Å²) in [5.41, 5.74) is -0.598. The summed E-state index contributed by atoms with van der Waals surface area (Å²) in [4.78, 5) is 8.44. The highest BCUT2D eigenvalue weighted by atomic mass is 19.1. The Kier molecular flexibility index (Phi) is 8.11. The Labute approximate surface area is 220 Å². The van der Waals surface area contributed by atoms with Crippen molar-refractivity contribution in [3.05, 3.63) is 84.3 Å². The maximum absolute atomic E-state index is 14.7. The first kappa shape index (κ1) is 26.4. The highest BCUT2D eigenvalue weighted by molar-refractivity contribution is 5.80. The molecule has 3 heterocycles. The fourth-order valence-electron chi connectivity index (χ4n) is 5.36. The van der Waals surface area contributed by atoms with Crippen molar-refractivity contribution >= 4 is 10.9 Å². The van der Waals surface area contributed by atoms with Crippen LogP contribution in [0.5, 0.6) is 0 Å². The molecule has 0 saturated carbocycles. The number of aryl methyl sites for hydroxylation is 1. The van der Waals surface area contributed by atoms with Gasteiger partial charge in [0.2, 0.25) is 0 Å². The molecule has 0 amide bonds. The Bertz CT molecular complexity index is 1340. The Hall–Kier alpha value is -3.21. The van der Waals surface area contributed by atoms with Gasteiger partial charge in [-0.2, -0.15) is 5.10 Å². The van der Waals surface area contributed by atoms with Gasteiger partial charge >= 0.3 is 0 Å². The zero-order valence-corrected chi connectivity index (χ0v) is 21.3. The first-order valence-corrected chi connectivity index (χ1v) is 13.1. The molecule has 1 N–H and O–H groups in total. The molecular weight excluding hydrogens is 493 g/mol. The topological polar surface area (TPSA) is 62.4 Å². The highest BCUT2D eigenvalue weighted by Gasteiger charge is 2.36. The van der Waals surface area contributed by atoms with E-state index >= 15 is 0 Å². The van der Waals surface area contributed by atoms with Gasteiger partial charge in [-0.3, -0.25) is 4.90 Å². The number of unbranched alkanes of at least 4 members (excludes halogenated alkanes) is 2. The minimum Gasteiger partial charge on any atom is -0.382 e. The summed E-state index contributed by atoms with van der Waals surface area (Å²) in [7, 11) is 0. The molecule has 7 nitrogen and oxygen atoms in total. The molecule has 0 spiro atoms. The number of fused-ring (bicyclic) bond motifs is 1. The maximum Gasteiger partial charge on any atom is 0.137 e. The normalized spacial score (nSPS) is 16.7. The van der Waals surface area contributed by atoms with Gasteiger partial charge in [0.25, 0.3) is 0 Å². The summed E-state index contributed by atoms with van der Waals surface area (Å²) in [5, 5.41) is 16.7. The van der Waals surface area contributed by atoms with E-state index < -0.39 is 17.2 Å². The first-order valence-electron chi connectivity index (χ1n) is 13.1. The fourth-order valence-corrected chi connectivity index (χ4v) is 5.36. The monoisotopic (exact) mass is 526 g/mol. The molecule has 2 aromatic heterocycles. The van der Waals surface area contributed by atoms with Crippen molar-refractivity contribution in [1.29, 1.82) is 0 Å². The molecule has 1 atom stereocenters. The van der Waals surface area contributed by atoms with Crippen LogP contribution in [0.1, 0.15) is 24.8 Å². The molecule has 202 valence electrons. The number of hydrogen-bond acceptors (Lipinski definition) is 5. The SMILES string of the molecule is OC(CN1CCN(CCCCCn2ccc3ccc(F)cc32)CC1)(Cn1cncn1)c1ccc(F)cc1F. The van der Waals surface area contributed by atoms with Crippen LogP contribution in [0.2, 0.25) is 0 Å². The molecule has 4 aromatic rings. The van der Waals surface area contributed by atoms with Crippen LogP contribution in [0.3, 0.4) is 0 Å². The lowest BCUT2D eigenvalue weighted by molar-refractivity contribution is -0.0319. The van der Waals surface area contributed by atoms with E-state index in [2.05, 4.69) is 24.4 Å². The molecule has 38 heavy (non-hydrogen) atoms. The molecule has 0 radical (unpaired) electrons. The Morgan fingerprint density at radius 2 is 1.55 bits per heavy atom. The number of β-amino-alcohol motifs (C(OH)–C–C–N with tert-alkyl or cyclic N) is 1. The molecule has 1 aliphatic rings. The summed E-state index contributed by atoms with van der Waals surface area (Å²) in [6.45, 7) is 5.26. The van der Waals surface area contributed by atoms with Crippen molar-refractivity contribution in [2.75, 3.05) is 39.3 Å². The summed E-state index contributed by atoms with van der Waals surface area (Å²) >= 11 is 0. The van der Waals surface area contributed by atoms with E-state index in [-0.39, 0.29) is 24.5 Å². The largest absolute Gasteiger partial charge is 0.382 e. The van der Waals surface area contributed by atoms with Crippen LogP contribution in [0, 0.1) is 17.5 Å². The third kappa shape index (κ3) is 6.25. The number of nitrogens with zero attached hydrogens (tertiary/aromatic N) is 6. The van der Waals surface area contributed by atoms with Crippen LogP contribution in [0.25, 0.3) is 10.9 Å². The molecule has 1 saturated heterocycles. The van der Waals surface area contributed by atoms with Crippen molar-refractivity contribution in [3.63, 3.8) is 0 Å². The molecule has 1 fully saturated rings. The van der Waals surface area contributed by atoms with E-state index in [0.717, 1.165) is 75.5 Å². The minimum absolute atomic E-state index is 0.0130. The van der Waals surface area contributed by atoms with Crippen molar-refractivity contribution in [2.45, 2.75) is 38.0 Å². The molecule has 10 heteroatoms. The predicted molar refractivity (Wildman–Crippen MR) is 139 cm³/mol. The van der Waals surface area contributed by atoms with E-state index in [9.17, 15) is 18.3 Å². The smallest absolute Gasteiger partial charge is 0.137 e. The summed E-state index contributed by atoms with van der Waals surface area (Å²) in [5.74, 6) is -1.67. The van der Waals surface area contributed by atoms with E-state index in [0.29, 0.717) is 0 Å². The molecule has 1 aliphatic heterocycles. The summed E-state index contributed by atoms with van der Waals surface area (Å²) in [6.07, 6.45) is 8.04. The van der Waals surface area contributed by atoms with Gasteiger partial charge in [-0.05, 0) is 55.1 Å². The van der Waals surface area contributed by atoms with Crippen LogP contribution < -0.4 is 0 Å². The zero-order chi connectivity index (χ0) is 26.5. The molecule has 2 aromatic carbocycles. The number of hydrogen-bond donors (Lipinski definition) is 1. The fraction of sp³-hybridized carbons (Fsp3) is 0.429. The second-order valence-corrected chi connectivity index (χ2v) is 10.1. The molecule has 0 bridgehead atoms. The lowest BCUT2D eigenvalue weighted by Crippen LogP contribution is -2.52. The van der Waals surface area contributed by atoms with E-state index in [1.807, 2.05) is 18.3 Å².